The van der Waals surface area contributed by atoms with Crippen LogP contribution in [0.4, 0.5) is 0 Å². The van der Waals surface area contributed by atoms with Crippen molar-refractivity contribution in [3.63, 3.8) is 0 Å². The maximum atomic E-state index is 12.1. The average molecular weight is 262 g/mol. The third-order valence-electron chi connectivity index (χ3n) is 2.32. The predicted octanol–water partition coefficient (Wildman–Crippen LogP) is -0.986. The quantitative estimate of drug-likeness (QED) is 0.711. The molecule has 0 aliphatic heterocycles. The van der Waals surface area contributed by atoms with E-state index < -0.39 is 10.0 Å². The number of sulfonamides is 1. The Hall–Kier alpha value is -0.960. The molecular formula is C9H18N4O3S. The van der Waals surface area contributed by atoms with Crippen molar-refractivity contribution in [2.45, 2.75) is 11.1 Å². The molecule has 1 heterocycles. The zero-order valence-corrected chi connectivity index (χ0v) is 11.0. The lowest BCUT2D eigenvalue weighted by Gasteiger charge is -2.20. The molecule has 0 aromatic carbocycles. The largest absolute Gasteiger partial charge is 0.383 e. The molecule has 0 spiro atoms. The van der Waals surface area contributed by atoms with Crippen LogP contribution in [0.15, 0.2) is 17.3 Å². The maximum Gasteiger partial charge on any atom is 0.260 e. The summed E-state index contributed by atoms with van der Waals surface area (Å²) in [6.07, 6.45) is 1.44. The second-order valence-electron chi connectivity index (χ2n) is 3.79. The lowest BCUT2D eigenvalue weighted by Crippen LogP contribution is -2.41. The summed E-state index contributed by atoms with van der Waals surface area (Å²) in [5, 5.41) is 3.98. The number of nitrogens with two attached hydrogens (primary N) is 1. The van der Waals surface area contributed by atoms with E-state index >= 15 is 0 Å². The Kier molecular flexibility index (Phi) is 4.63. The van der Waals surface area contributed by atoms with Gasteiger partial charge in [-0.2, -0.15) is 9.40 Å². The van der Waals surface area contributed by atoms with Gasteiger partial charge in [0.15, 0.2) is 5.03 Å². The third kappa shape index (κ3) is 3.25. The Balaban J connectivity index is 2.81. The molecule has 1 atom stereocenters. The number of hydrogen-bond donors (Lipinski definition) is 1. The van der Waals surface area contributed by atoms with Gasteiger partial charge in [-0.05, 0) is 6.07 Å². The van der Waals surface area contributed by atoms with Gasteiger partial charge in [-0.15, -0.1) is 0 Å². The average Bonchev–Trinajstić information content (AvgIpc) is 2.65. The van der Waals surface area contributed by atoms with Crippen LogP contribution in [0.5, 0.6) is 0 Å². The second kappa shape index (κ2) is 5.58. The number of likely N-dealkylation sites (N-methyl/N-ethyl adjacent to an activating group) is 1. The van der Waals surface area contributed by atoms with Gasteiger partial charge in [0, 0.05) is 33.8 Å². The Morgan fingerprint density at radius 2 is 2.29 bits per heavy atom. The highest BCUT2D eigenvalue weighted by Gasteiger charge is 2.25. The van der Waals surface area contributed by atoms with Crippen molar-refractivity contribution >= 4 is 10.0 Å². The van der Waals surface area contributed by atoms with E-state index in [1.54, 1.807) is 7.05 Å². The van der Waals surface area contributed by atoms with Gasteiger partial charge in [-0.25, -0.2) is 8.42 Å². The smallest absolute Gasteiger partial charge is 0.260 e. The molecule has 0 aliphatic carbocycles. The summed E-state index contributed by atoms with van der Waals surface area (Å²) in [4.78, 5) is 0. The van der Waals surface area contributed by atoms with E-state index in [9.17, 15) is 8.42 Å². The molecule has 2 N–H and O–H groups in total. The molecule has 0 fully saturated rings. The monoisotopic (exact) mass is 262 g/mol. The molecule has 7 nitrogen and oxygen atoms in total. The molecule has 1 aromatic heterocycles. The van der Waals surface area contributed by atoms with Crippen molar-refractivity contribution in [3.8, 4) is 0 Å². The van der Waals surface area contributed by atoms with Crippen LogP contribution < -0.4 is 5.73 Å². The van der Waals surface area contributed by atoms with Crippen molar-refractivity contribution in [3.05, 3.63) is 12.3 Å². The fraction of sp³-hybridized carbons (Fsp3) is 0.667. The first-order chi connectivity index (χ1) is 7.89. The Bertz CT molecular complexity index is 457. The summed E-state index contributed by atoms with van der Waals surface area (Å²) in [5.74, 6) is 0. The summed E-state index contributed by atoms with van der Waals surface area (Å²) in [5.41, 5.74) is 5.72. The molecular weight excluding hydrogens is 244 g/mol. The zero-order valence-electron chi connectivity index (χ0n) is 10.2. The van der Waals surface area contributed by atoms with E-state index in [0.29, 0.717) is 6.61 Å². The zero-order chi connectivity index (χ0) is 13.1. The molecule has 0 saturated heterocycles. The lowest BCUT2D eigenvalue weighted by atomic mass is 10.3. The SMILES string of the molecule is COCC(N)CN(C)S(=O)(=O)c1ccnn1C. The van der Waals surface area contributed by atoms with Crippen LogP contribution in [0.2, 0.25) is 0 Å². The van der Waals surface area contributed by atoms with Crippen LogP contribution in [-0.4, -0.2) is 55.9 Å². The number of hydrogen-bond acceptors (Lipinski definition) is 5. The molecule has 1 aromatic rings. The summed E-state index contributed by atoms with van der Waals surface area (Å²) >= 11 is 0. The molecule has 8 heteroatoms. The number of rotatable bonds is 6. The fourth-order valence-electron chi connectivity index (χ4n) is 1.47. The van der Waals surface area contributed by atoms with Crippen LogP contribution in [0, 0.1) is 0 Å². The highest BCUT2D eigenvalue weighted by atomic mass is 32.2. The molecule has 17 heavy (non-hydrogen) atoms. The summed E-state index contributed by atoms with van der Waals surface area (Å²) in [7, 11) is 1.04. The number of aromatic nitrogens is 2. The molecule has 1 rings (SSSR count). The van der Waals surface area contributed by atoms with E-state index in [-0.39, 0.29) is 17.6 Å². The Morgan fingerprint density at radius 1 is 1.65 bits per heavy atom. The van der Waals surface area contributed by atoms with Crippen LogP contribution in [0.25, 0.3) is 0 Å². The maximum absolute atomic E-state index is 12.1. The lowest BCUT2D eigenvalue weighted by molar-refractivity contribution is 0.173. The standard InChI is InChI=1S/C9H18N4O3S/c1-12(6-8(10)7-16-3)17(14,15)9-4-5-11-13(9)2/h4-5,8H,6-7,10H2,1-3H3. The number of aryl methyl sites for hydroxylation is 1. The highest BCUT2D eigenvalue weighted by Crippen LogP contribution is 2.12. The van der Waals surface area contributed by atoms with Crippen LogP contribution >= 0.6 is 0 Å². The van der Waals surface area contributed by atoms with Crippen LogP contribution in [0.3, 0.4) is 0 Å². The van der Waals surface area contributed by atoms with Crippen molar-refractivity contribution in [1.29, 1.82) is 0 Å². The molecule has 98 valence electrons. The summed E-state index contributed by atoms with van der Waals surface area (Å²) in [6, 6.07) is 1.10. The van der Waals surface area contributed by atoms with Gasteiger partial charge >= 0.3 is 0 Å². The summed E-state index contributed by atoms with van der Waals surface area (Å²) < 4.78 is 31.6. The van der Waals surface area contributed by atoms with E-state index in [1.807, 2.05) is 0 Å². The summed E-state index contributed by atoms with van der Waals surface area (Å²) in [6.45, 7) is 0.507. The predicted molar refractivity (Wildman–Crippen MR) is 62.9 cm³/mol. The number of methoxy groups -OCH3 is 1. The van der Waals surface area contributed by atoms with Crippen molar-refractivity contribution in [1.82, 2.24) is 14.1 Å². The van der Waals surface area contributed by atoms with E-state index in [0.717, 1.165) is 0 Å². The number of ether oxygens (including phenoxy) is 1. The van der Waals surface area contributed by atoms with Gasteiger partial charge in [0.2, 0.25) is 0 Å². The van der Waals surface area contributed by atoms with Gasteiger partial charge in [0.05, 0.1) is 12.8 Å². The van der Waals surface area contributed by atoms with Crippen LogP contribution in [-0.2, 0) is 21.8 Å². The third-order valence-corrected chi connectivity index (χ3v) is 4.22. The van der Waals surface area contributed by atoms with Crippen molar-refractivity contribution < 1.29 is 13.2 Å². The molecule has 0 saturated carbocycles. The molecule has 0 radical (unpaired) electrons. The minimum atomic E-state index is -3.54. The van der Waals surface area contributed by atoms with Gasteiger partial charge in [0.25, 0.3) is 10.0 Å². The number of nitrogens with zero attached hydrogens (tertiary/aromatic N) is 3. The van der Waals surface area contributed by atoms with Gasteiger partial charge in [0.1, 0.15) is 0 Å². The molecule has 1 unspecified atom stereocenters. The van der Waals surface area contributed by atoms with Crippen molar-refractivity contribution in [2.24, 2.45) is 12.8 Å². The van der Waals surface area contributed by atoms with Crippen molar-refractivity contribution in [2.75, 3.05) is 27.3 Å². The van der Waals surface area contributed by atoms with E-state index in [2.05, 4.69) is 5.10 Å². The van der Waals surface area contributed by atoms with Gasteiger partial charge < -0.3 is 10.5 Å². The second-order valence-corrected chi connectivity index (χ2v) is 5.79. The van der Waals surface area contributed by atoms with E-state index in [1.165, 1.54) is 35.4 Å². The first-order valence-electron chi connectivity index (χ1n) is 5.08. The molecule has 0 aliphatic rings. The topological polar surface area (TPSA) is 90.4 Å². The minimum absolute atomic E-state index is 0.143. The van der Waals surface area contributed by atoms with Crippen LogP contribution in [0.1, 0.15) is 0 Å². The Labute approximate surface area is 101 Å². The first-order valence-corrected chi connectivity index (χ1v) is 6.52. The first kappa shape index (κ1) is 14.1. The minimum Gasteiger partial charge on any atom is -0.383 e. The van der Waals surface area contributed by atoms with E-state index in [4.69, 9.17) is 10.5 Å². The Morgan fingerprint density at radius 3 is 2.76 bits per heavy atom. The molecule has 0 amide bonds. The molecule has 0 bridgehead atoms. The fourth-order valence-corrected chi connectivity index (χ4v) is 2.79. The van der Waals surface area contributed by atoms with Gasteiger partial charge in [-0.1, -0.05) is 0 Å². The normalized spacial score (nSPS) is 14.2. The highest BCUT2D eigenvalue weighted by molar-refractivity contribution is 7.89. The van der Waals surface area contributed by atoms with Gasteiger partial charge in [-0.3, -0.25) is 4.68 Å².